The second-order valence-electron chi connectivity index (χ2n) is 7.06. The number of carbonyl (C=O) groups excluding carboxylic acids is 2. The van der Waals surface area contributed by atoms with Gasteiger partial charge in [0, 0.05) is 13.2 Å². The van der Waals surface area contributed by atoms with Gasteiger partial charge in [0.1, 0.15) is 12.1 Å². The molecule has 5 heteroatoms. The maximum atomic E-state index is 12.7. The predicted molar refractivity (Wildman–Crippen MR) is 78.5 cm³/mol. The summed E-state index contributed by atoms with van der Waals surface area (Å²) in [7, 11) is 0. The van der Waals surface area contributed by atoms with Crippen molar-refractivity contribution >= 4 is 11.8 Å². The first kappa shape index (κ1) is 14.8. The average Bonchev–Trinajstić information content (AvgIpc) is 3.30. The second kappa shape index (κ2) is 5.95. The standard InChI is InChI=1S/C16H26N2O3/c1-10(2)14-15(19)17-13(12-5-6-12)16(20)18(14)7-8-21-9-11-3-4-11/h10-14H,3-9H2,1-2H3,(H,17,19). The molecule has 0 aromatic carbocycles. The molecule has 2 aliphatic carbocycles. The third kappa shape index (κ3) is 3.39. The molecule has 3 aliphatic rings. The minimum absolute atomic E-state index is 0.00342. The third-order valence-electron chi connectivity index (χ3n) is 4.70. The summed E-state index contributed by atoms with van der Waals surface area (Å²) in [5.74, 6) is 1.29. The maximum Gasteiger partial charge on any atom is 0.246 e. The number of hydrogen-bond acceptors (Lipinski definition) is 3. The van der Waals surface area contributed by atoms with Gasteiger partial charge in [-0.1, -0.05) is 13.8 Å². The van der Waals surface area contributed by atoms with Gasteiger partial charge < -0.3 is 15.0 Å². The van der Waals surface area contributed by atoms with E-state index in [1.165, 1.54) is 12.8 Å². The molecular formula is C16H26N2O3. The molecule has 0 radical (unpaired) electrons. The zero-order valence-electron chi connectivity index (χ0n) is 13.0. The van der Waals surface area contributed by atoms with Crippen LogP contribution < -0.4 is 5.32 Å². The number of rotatable bonds is 7. The van der Waals surface area contributed by atoms with Gasteiger partial charge in [0.25, 0.3) is 0 Å². The molecule has 118 valence electrons. The van der Waals surface area contributed by atoms with Crippen LogP contribution in [0.25, 0.3) is 0 Å². The van der Waals surface area contributed by atoms with Crippen molar-refractivity contribution in [1.29, 1.82) is 0 Å². The van der Waals surface area contributed by atoms with Gasteiger partial charge in [-0.3, -0.25) is 9.59 Å². The Morgan fingerprint density at radius 3 is 2.52 bits per heavy atom. The van der Waals surface area contributed by atoms with E-state index in [0.717, 1.165) is 25.4 Å². The number of piperazine rings is 1. The summed E-state index contributed by atoms with van der Waals surface area (Å²) in [5.41, 5.74) is 0. The fourth-order valence-electron chi connectivity index (χ4n) is 3.12. The number of amides is 2. The predicted octanol–water partition coefficient (Wildman–Crippen LogP) is 1.17. The fraction of sp³-hybridized carbons (Fsp3) is 0.875. The van der Waals surface area contributed by atoms with Gasteiger partial charge in [-0.25, -0.2) is 0 Å². The van der Waals surface area contributed by atoms with E-state index in [0.29, 0.717) is 19.1 Å². The Morgan fingerprint density at radius 1 is 1.24 bits per heavy atom. The first-order chi connectivity index (χ1) is 10.1. The van der Waals surface area contributed by atoms with Crippen LogP contribution in [0.5, 0.6) is 0 Å². The van der Waals surface area contributed by atoms with Gasteiger partial charge in [-0.2, -0.15) is 0 Å². The van der Waals surface area contributed by atoms with Crippen molar-refractivity contribution in [2.75, 3.05) is 19.8 Å². The minimum atomic E-state index is -0.350. The van der Waals surface area contributed by atoms with Crippen molar-refractivity contribution < 1.29 is 14.3 Å². The highest BCUT2D eigenvalue weighted by molar-refractivity contribution is 5.97. The molecule has 2 saturated carbocycles. The second-order valence-corrected chi connectivity index (χ2v) is 7.06. The van der Waals surface area contributed by atoms with Crippen LogP contribution >= 0.6 is 0 Å². The van der Waals surface area contributed by atoms with Gasteiger partial charge >= 0.3 is 0 Å². The first-order valence-electron chi connectivity index (χ1n) is 8.26. The quantitative estimate of drug-likeness (QED) is 0.717. The molecule has 3 fully saturated rings. The Labute approximate surface area is 126 Å². The van der Waals surface area contributed by atoms with Crippen molar-refractivity contribution in [3.63, 3.8) is 0 Å². The van der Waals surface area contributed by atoms with Crippen LogP contribution in [-0.4, -0.2) is 48.6 Å². The zero-order chi connectivity index (χ0) is 15.0. The number of nitrogens with zero attached hydrogens (tertiary/aromatic N) is 1. The smallest absolute Gasteiger partial charge is 0.246 e. The maximum absolute atomic E-state index is 12.7. The van der Waals surface area contributed by atoms with Crippen molar-refractivity contribution in [2.45, 2.75) is 51.6 Å². The molecule has 0 spiro atoms. The highest BCUT2D eigenvalue weighted by atomic mass is 16.5. The Hall–Kier alpha value is -1.10. The van der Waals surface area contributed by atoms with Gasteiger partial charge in [-0.05, 0) is 43.4 Å². The molecule has 21 heavy (non-hydrogen) atoms. The highest BCUT2D eigenvalue weighted by Crippen LogP contribution is 2.35. The number of hydrogen-bond donors (Lipinski definition) is 1. The number of ether oxygens (including phenoxy) is 1. The monoisotopic (exact) mass is 294 g/mol. The topological polar surface area (TPSA) is 58.6 Å². The molecule has 2 unspecified atom stereocenters. The molecular weight excluding hydrogens is 268 g/mol. The Balaban J connectivity index is 1.61. The lowest BCUT2D eigenvalue weighted by Gasteiger charge is -2.41. The number of carbonyl (C=O) groups is 2. The van der Waals surface area contributed by atoms with E-state index in [-0.39, 0.29) is 29.8 Å². The molecule has 0 bridgehead atoms. The van der Waals surface area contributed by atoms with Crippen molar-refractivity contribution in [1.82, 2.24) is 10.2 Å². The molecule has 0 aromatic rings. The molecule has 2 atom stereocenters. The molecule has 1 heterocycles. The van der Waals surface area contributed by atoms with E-state index in [9.17, 15) is 9.59 Å². The summed E-state index contributed by atoms with van der Waals surface area (Å²) in [5, 5.41) is 2.94. The number of nitrogens with one attached hydrogen (secondary N) is 1. The Kier molecular flexibility index (Phi) is 4.20. The molecule has 2 amide bonds. The third-order valence-corrected chi connectivity index (χ3v) is 4.70. The summed E-state index contributed by atoms with van der Waals surface area (Å²) in [6, 6.07) is -0.645. The fourth-order valence-corrected chi connectivity index (χ4v) is 3.12. The van der Waals surface area contributed by atoms with Crippen LogP contribution in [0.2, 0.25) is 0 Å². The summed E-state index contributed by atoms with van der Waals surface area (Å²) >= 11 is 0. The zero-order valence-corrected chi connectivity index (χ0v) is 13.0. The molecule has 0 aromatic heterocycles. The Bertz CT molecular complexity index is 416. The van der Waals surface area contributed by atoms with Crippen LogP contribution in [-0.2, 0) is 14.3 Å². The normalized spacial score (nSPS) is 30.0. The van der Waals surface area contributed by atoms with E-state index in [1.54, 1.807) is 4.90 Å². The summed E-state index contributed by atoms with van der Waals surface area (Å²) in [6.07, 6.45) is 4.64. The Morgan fingerprint density at radius 2 is 1.95 bits per heavy atom. The lowest BCUT2D eigenvalue weighted by Crippen LogP contribution is -2.65. The molecule has 3 rings (SSSR count). The minimum Gasteiger partial charge on any atom is -0.379 e. The lowest BCUT2D eigenvalue weighted by atomic mass is 9.95. The van der Waals surface area contributed by atoms with Crippen molar-refractivity contribution in [3.05, 3.63) is 0 Å². The van der Waals surface area contributed by atoms with E-state index < -0.39 is 0 Å². The summed E-state index contributed by atoms with van der Waals surface area (Å²) < 4.78 is 5.66. The van der Waals surface area contributed by atoms with E-state index in [4.69, 9.17) is 4.74 Å². The van der Waals surface area contributed by atoms with Gasteiger partial charge in [0.05, 0.1) is 6.61 Å². The lowest BCUT2D eigenvalue weighted by molar-refractivity contribution is -0.152. The average molecular weight is 294 g/mol. The van der Waals surface area contributed by atoms with Crippen LogP contribution in [0, 0.1) is 17.8 Å². The van der Waals surface area contributed by atoms with Crippen molar-refractivity contribution in [3.8, 4) is 0 Å². The molecule has 1 aliphatic heterocycles. The largest absolute Gasteiger partial charge is 0.379 e. The highest BCUT2D eigenvalue weighted by Gasteiger charge is 2.47. The van der Waals surface area contributed by atoms with Crippen LogP contribution in [0.15, 0.2) is 0 Å². The van der Waals surface area contributed by atoms with Gasteiger partial charge in [0.15, 0.2) is 0 Å². The van der Waals surface area contributed by atoms with Crippen molar-refractivity contribution in [2.24, 2.45) is 17.8 Å². The first-order valence-corrected chi connectivity index (χ1v) is 8.26. The van der Waals surface area contributed by atoms with Gasteiger partial charge in [-0.15, -0.1) is 0 Å². The SMILES string of the molecule is CC(C)C1C(=O)NC(C2CC2)C(=O)N1CCOCC1CC1. The van der Waals surface area contributed by atoms with E-state index in [1.807, 2.05) is 13.8 Å². The van der Waals surface area contributed by atoms with E-state index in [2.05, 4.69) is 5.32 Å². The molecule has 1 N–H and O–H groups in total. The van der Waals surface area contributed by atoms with Gasteiger partial charge in [0.2, 0.25) is 11.8 Å². The molecule has 1 saturated heterocycles. The summed E-state index contributed by atoms with van der Waals surface area (Å²) in [6.45, 7) is 5.86. The van der Waals surface area contributed by atoms with Crippen LogP contribution in [0.1, 0.15) is 39.5 Å². The summed E-state index contributed by atoms with van der Waals surface area (Å²) in [4.78, 5) is 26.8. The van der Waals surface area contributed by atoms with E-state index >= 15 is 0 Å². The van der Waals surface area contributed by atoms with Crippen LogP contribution in [0.3, 0.4) is 0 Å². The molecule has 5 nitrogen and oxygen atoms in total. The van der Waals surface area contributed by atoms with Crippen LogP contribution in [0.4, 0.5) is 0 Å².